The third-order valence-corrected chi connectivity index (χ3v) is 3.10. The molecule has 0 radical (unpaired) electrons. The number of piperazine rings is 1. The first-order chi connectivity index (χ1) is 8.60. The van der Waals surface area contributed by atoms with Gasteiger partial charge in [-0.25, -0.2) is 9.40 Å². The number of hydrogen-bond acceptors (Lipinski definition) is 5. The summed E-state index contributed by atoms with van der Waals surface area (Å²) in [4.78, 5) is 2.23. The van der Waals surface area contributed by atoms with Gasteiger partial charge in [-0.15, -0.1) is 0 Å². The summed E-state index contributed by atoms with van der Waals surface area (Å²) in [6.45, 7) is 3.62. The molecule has 0 amide bonds. The predicted octanol–water partition coefficient (Wildman–Crippen LogP) is 0.991. The van der Waals surface area contributed by atoms with E-state index in [0.717, 1.165) is 26.2 Å². The van der Waals surface area contributed by atoms with Gasteiger partial charge in [-0.05, 0) is 7.05 Å². The van der Waals surface area contributed by atoms with Crippen LogP contribution < -0.4 is 15.9 Å². The first-order valence-electron chi connectivity index (χ1n) is 5.93. The van der Waals surface area contributed by atoms with Crippen LogP contribution in [0.1, 0.15) is 0 Å². The molecular formula is C12H19FN4O. The molecule has 1 heterocycles. The number of methoxy groups -OCH3 is 1. The topological polar surface area (TPSA) is 53.8 Å². The second-order valence-electron chi connectivity index (χ2n) is 4.48. The van der Waals surface area contributed by atoms with Gasteiger partial charge in [0.05, 0.1) is 18.5 Å². The van der Waals surface area contributed by atoms with E-state index in [0.29, 0.717) is 17.1 Å². The van der Waals surface area contributed by atoms with Crippen LogP contribution in [0.5, 0.6) is 5.75 Å². The molecule has 0 atom stereocenters. The molecule has 2 rings (SSSR count). The highest BCUT2D eigenvalue weighted by molar-refractivity contribution is 5.62. The van der Waals surface area contributed by atoms with E-state index < -0.39 is 0 Å². The molecule has 1 aromatic carbocycles. The maximum atomic E-state index is 13.8. The van der Waals surface area contributed by atoms with E-state index in [-0.39, 0.29) is 5.82 Å². The van der Waals surface area contributed by atoms with Crippen LogP contribution in [0.3, 0.4) is 0 Å². The Kier molecular flexibility index (Phi) is 3.88. The van der Waals surface area contributed by atoms with E-state index in [2.05, 4.69) is 17.4 Å². The molecule has 0 bridgehead atoms. The maximum Gasteiger partial charge on any atom is 0.149 e. The second kappa shape index (κ2) is 5.41. The molecule has 0 spiro atoms. The Balaban J connectivity index is 2.09. The van der Waals surface area contributed by atoms with Crippen molar-refractivity contribution in [2.45, 2.75) is 0 Å². The zero-order valence-corrected chi connectivity index (χ0v) is 10.7. The molecule has 5 nitrogen and oxygen atoms in total. The number of nitrogens with one attached hydrogen (secondary N) is 1. The Morgan fingerprint density at radius 1 is 1.28 bits per heavy atom. The first-order valence-corrected chi connectivity index (χ1v) is 5.93. The zero-order chi connectivity index (χ0) is 13.1. The number of hydrogen-bond donors (Lipinski definition) is 2. The minimum absolute atomic E-state index is 0.305. The van der Waals surface area contributed by atoms with Crippen molar-refractivity contribution >= 4 is 11.4 Å². The molecule has 3 N–H and O–H groups in total. The Bertz CT molecular complexity index is 419. The Labute approximate surface area is 106 Å². The quantitative estimate of drug-likeness (QED) is 0.788. The summed E-state index contributed by atoms with van der Waals surface area (Å²) >= 11 is 0. The highest BCUT2D eigenvalue weighted by atomic mass is 19.1. The lowest BCUT2D eigenvalue weighted by Crippen LogP contribution is -2.47. The summed E-state index contributed by atoms with van der Waals surface area (Å²) in [5, 5.41) is 1.99. The predicted molar refractivity (Wildman–Crippen MR) is 70.1 cm³/mol. The molecule has 18 heavy (non-hydrogen) atoms. The van der Waals surface area contributed by atoms with Crippen molar-refractivity contribution in [1.29, 1.82) is 0 Å². The summed E-state index contributed by atoms with van der Waals surface area (Å²) in [7, 11) is 3.59. The number of benzene rings is 1. The van der Waals surface area contributed by atoms with Crippen molar-refractivity contribution in [3.63, 3.8) is 0 Å². The van der Waals surface area contributed by atoms with Gasteiger partial charge in [0.25, 0.3) is 0 Å². The molecule has 1 aromatic rings. The van der Waals surface area contributed by atoms with Crippen LogP contribution >= 0.6 is 0 Å². The Hall–Kier alpha value is -1.53. The molecule has 100 valence electrons. The number of likely N-dealkylation sites (N-methyl/N-ethyl adjacent to an activating group) is 1. The maximum absolute atomic E-state index is 13.8. The fraction of sp³-hybridized carbons (Fsp3) is 0.500. The number of nitrogen functional groups attached to an aromatic ring is 1. The number of rotatable bonds is 3. The van der Waals surface area contributed by atoms with Crippen LogP contribution in [0.2, 0.25) is 0 Å². The highest BCUT2D eigenvalue weighted by Crippen LogP contribution is 2.28. The largest absolute Gasteiger partial charge is 0.495 e. The molecule has 6 heteroatoms. The van der Waals surface area contributed by atoms with E-state index in [1.165, 1.54) is 13.2 Å². The van der Waals surface area contributed by atoms with E-state index >= 15 is 0 Å². The molecule has 0 saturated carbocycles. The molecule has 1 fully saturated rings. The second-order valence-corrected chi connectivity index (χ2v) is 4.48. The van der Waals surface area contributed by atoms with Gasteiger partial charge >= 0.3 is 0 Å². The van der Waals surface area contributed by atoms with Gasteiger partial charge in [0.2, 0.25) is 0 Å². The highest BCUT2D eigenvalue weighted by Gasteiger charge is 2.16. The lowest BCUT2D eigenvalue weighted by atomic mass is 10.2. The lowest BCUT2D eigenvalue weighted by molar-refractivity contribution is 0.178. The van der Waals surface area contributed by atoms with Crippen LogP contribution in [-0.4, -0.2) is 50.2 Å². The van der Waals surface area contributed by atoms with Gasteiger partial charge in [0.15, 0.2) is 0 Å². The third-order valence-electron chi connectivity index (χ3n) is 3.10. The molecule has 0 aromatic heterocycles. The molecule has 1 aliphatic rings. The van der Waals surface area contributed by atoms with Crippen LogP contribution in [0.4, 0.5) is 15.8 Å². The van der Waals surface area contributed by atoms with Crippen LogP contribution in [0.15, 0.2) is 12.1 Å². The van der Waals surface area contributed by atoms with Gasteiger partial charge < -0.3 is 20.8 Å². The number of nitrogens with zero attached hydrogens (tertiary/aromatic N) is 2. The number of halogens is 1. The third kappa shape index (κ3) is 2.83. The van der Waals surface area contributed by atoms with Crippen molar-refractivity contribution in [3.8, 4) is 5.75 Å². The average Bonchev–Trinajstić information content (AvgIpc) is 2.35. The fourth-order valence-electron chi connectivity index (χ4n) is 1.92. The van der Waals surface area contributed by atoms with Crippen LogP contribution in [0, 0.1) is 5.82 Å². The zero-order valence-electron chi connectivity index (χ0n) is 10.7. The normalized spacial score (nSPS) is 17.7. The SMILES string of the molecule is COc1cc(NN2CCN(C)CC2)c(F)cc1N. The average molecular weight is 254 g/mol. The van der Waals surface area contributed by atoms with Crippen LogP contribution in [-0.2, 0) is 0 Å². The molecule has 0 unspecified atom stereocenters. The van der Waals surface area contributed by atoms with Gasteiger partial charge in [-0.3, -0.25) is 0 Å². The monoisotopic (exact) mass is 254 g/mol. The minimum atomic E-state index is -0.368. The lowest BCUT2D eigenvalue weighted by Gasteiger charge is -2.33. The van der Waals surface area contributed by atoms with Crippen molar-refractivity contribution < 1.29 is 9.13 Å². The smallest absolute Gasteiger partial charge is 0.149 e. The molecule has 1 aliphatic heterocycles. The molecule has 0 aliphatic carbocycles. The van der Waals surface area contributed by atoms with E-state index in [1.54, 1.807) is 6.07 Å². The fourth-order valence-corrected chi connectivity index (χ4v) is 1.92. The molecule has 1 saturated heterocycles. The van der Waals surface area contributed by atoms with Crippen molar-refractivity contribution in [2.75, 3.05) is 51.5 Å². The number of hydrazine groups is 1. The summed E-state index contributed by atoms with van der Waals surface area (Å²) in [6, 6.07) is 2.86. The number of nitrogens with two attached hydrogens (primary N) is 1. The van der Waals surface area contributed by atoms with Crippen molar-refractivity contribution in [1.82, 2.24) is 9.91 Å². The van der Waals surface area contributed by atoms with E-state index in [9.17, 15) is 4.39 Å². The van der Waals surface area contributed by atoms with Crippen LogP contribution in [0.25, 0.3) is 0 Å². The Morgan fingerprint density at radius 3 is 2.56 bits per heavy atom. The first kappa shape index (κ1) is 12.9. The van der Waals surface area contributed by atoms with Gasteiger partial charge in [0.1, 0.15) is 11.6 Å². The molecular weight excluding hydrogens is 235 g/mol. The van der Waals surface area contributed by atoms with Gasteiger partial charge in [-0.2, -0.15) is 0 Å². The van der Waals surface area contributed by atoms with Crippen molar-refractivity contribution in [3.05, 3.63) is 17.9 Å². The van der Waals surface area contributed by atoms with E-state index in [4.69, 9.17) is 10.5 Å². The standard InChI is InChI=1S/C12H19FN4O/c1-16-3-5-17(6-4-16)15-11-8-12(18-2)10(14)7-9(11)13/h7-8,15H,3-6,14H2,1-2H3. The summed E-state index contributed by atoms with van der Waals surface area (Å²) < 4.78 is 18.9. The summed E-state index contributed by atoms with van der Waals surface area (Å²) in [6.07, 6.45) is 0. The summed E-state index contributed by atoms with van der Waals surface area (Å²) in [5.74, 6) is 0.111. The van der Waals surface area contributed by atoms with Gasteiger partial charge in [-0.1, -0.05) is 0 Å². The summed E-state index contributed by atoms with van der Waals surface area (Å²) in [5.41, 5.74) is 9.41. The Morgan fingerprint density at radius 2 is 1.94 bits per heavy atom. The number of anilines is 2. The number of ether oxygens (including phenoxy) is 1. The van der Waals surface area contributed by atoms with E-state index in [1.807, 2.05) is 5.01 Å². The minimum Gasteiger partial charge on any atom is -0.495 e. The van der Waals surface area contributed by atoms with Gasteiger partial charge in [0, 0.05) is 38.3 Å². The van der Waals surface area contributed by atoms with Crippen molar-refractivity contribution in [2.24, 2.45) is 0 Å².